The van der Waals surface area contributed by atoms with Gasteiger partial charge < -0.3 is 10.0 Å². The highest BCUT2D eigenvalue weighted by Gasteiger charge is 2.23. The molecule has 0 amide bonds. The lowest BCUT2D eigenvalue weighted by Crippen LogP contribution is -2.30. The summed E-state index contributed by atoms with van der Waals surface area (Å²) in [7, 11) is 1.88. The van der Waals surface area contributed by atoms with E-state index < -0.39 is 5.97 Å². The van der Waals surface area contributed by atoms with Gasteiger partial charge in [0.1, 0.15) is 4.88 Å². The molecule has 0 aliphatic rings. The fraction of sp³-hybridized carbons (Fsp3) is 0.583. The molecule has 0 fully saturated rings. The van der Waals surface area contributed by atoms with Gasteiger partial charge in [-0.05, 0) is 12.8 Å². The number of hydrogen-bond acceptors (Lipinski definition) is 5. The molecule has 0 atom stereocenters. The van der Waals surface area contributed by atoms with Crippen molar-refractivity contribution in [2.45, 2.75) is 39.7 Å². The number of nitrogens with zero attached hydrogens (tertiary/aromatic N) is 2. The van der Waals surface area contributed by atoms with Gasteiger partial charge in [-0.15, -0.1) is 0 Å². The third-order valence-electron chi connectivity index (χ3n) is 2.93. The summed E-state index contributed by atoms with van der Waals surface area (Å²) in [4.78, 5) is 28.7. The molecule has 0 aliphatic heterocycles. The molecule has 1 aromatic rings. The summed E-state index contributed by atoms with van der Waals surface area (Å²) in [5.74, 6) is -1.41. The number of anilines is 1. The molecular weight excluding hydrogens is 252 g/mol. The van der Waals surface area contributed by atoms with E-state index >= 15 is 0 Å². The van der Waals surface area contributed by atoms with Crippen molar-refractivity contribution in [3.63, 3.8) is 0 Å². The van der Waals surface area contributed by atoms with Gasteiger partial charge in [-0.2, -0.15) is 0 Å². The maximum absolute atomic E-state index is 11.4. The van der Waals surface area contributed by atoms with Crippen LogP contribution in [-0.2, 0) is 0 Å². The van der Waals surface area contributed by atoms with Crippen LogP contribution in [0.25, 0.3) is 0 Å². The topological polar surface area (TPSA) is 70.5 Å². The second-order valence-corrected chi connectivity index (χ2v) is 5.09. The average Bonchev–Trinajstić information content (AvgIpc) is 2.75. The maximum atomic E-state index is 11.4. The fourth-order valence-corrected chi connectivity index (χ4v) is 2.82. The number of carboxylic acid groups (broad SMARTS) is 1. The Morgan fingerprint density at radius 3 is 2.28 bits per heavy atom. The Kier molecular flexibility index (Phi) is 4.84. The summed E-state index contributed by atoms with van der Waals surface area (Å²) < 4.78 is 0. The van der Waals surface area contributed by atoms with Gasteiger partial charge in [0, 0.05) is 20.0 Å². The van der Waals surface area contributed by atoms with E-state index in [1.54, 1.807) is 0 Å². The Hall–Kier alpha value is -1.43. The number of rotatable bonds is 6. The lowest BCUT2D eigenvalue weighted by molar-refractivity contribution is 0.0687. The van der Waals surface area contributed by atoms with Crippen LogP contribution in [0.5, 0.6) is 0 Å². The Bertz CT molecular complexity index is 421. The summed E-state index contributed by atoms with van der Waals surface area (Å²) in [5.41, 5.74) is -0.139. The molecule has 100 valence electrons. The standard InChI is InChI=1S/C12H18N2O3S/c1-5-8(6-2)14(4)12-13-9(11(16)17)10(18-12)7(3)15/h8H,5-6H2,1-4H3,(H,16,17). The highest BCUT2D eigenvalue weighted by molar-refractivity contribution is 7.17. The van der Waals surface area contributed by atoms with Crippen LogP contribution in [0.4, 0.5) is 5.13 Å². The van der Waals surface area contributed by atoms with E-state index in [9.17, 15) is 9.59 Å². The molecule has 0 saturated carbocycles. The fourth-order valence-electron chi connectivity index (χ4n) is 1.84. The molecule has 18 heavy (non-hydrogen) atoms. The van der Waals surface area contributed by atoms with Crippen molar-refractivity contribution in [1.82, 2.24) is 4.98 Å². The molecular formula is C12H18N2O3S. The van der Waals surface area contributed by atoms with Crippen molar-refractivity contribution in [2.75, 3.05) is 11.9 Å². The molecule has 1 N–H and O–H groups in total. The number of Topliss-reactive ketones (excluding diaryl/α,β-unsaturated/α-hetero) is 1. The second-order valence-electron chi connectivity index (χ2n) is 4.12. The normalized spacial score (nSPS) is 10.7. The molecule has 0 saturated heterocycles. The minimum absolute atomic E-state index is 0.139. The van der Waals surface area contributed by atoms with E-state index in [0.717, 1.165) is 24.2 Å². The highest BCUT2D eigenvalue weighted by Crippen LogP contribution is 2.28. The van der Waals surface area contributed by atoms with E-state index in [2.05, 4.69) is 18.8 Å². The predicted molar refractivity (Wildman–Crippen MR) is 71.9 cm³/mol. The summed E-state index contributed by atoms with van der Waals surface area (Å²) in [6.45, 7) is 5.51. The van der Waals surface area contributed by atoms with Gasteiger partial charge in [0.25, 0.3) is 0 Å². The number of aromatic nitrogens is 1. The Labute approximate surface area is 110 Å². The smallest absolute Gasteiger partial charge is 0.356 e. The number of carbonyl (C=O) groups is 2. The Morgan fingerprint density at radius 1 is 1.39 bits per heavy atom. The first kappa shape index (κ1) is 14.6. The monoisotopic (exact) mass is 270 g/mol. The van der Waals surface area contributed by atoms with E-state index in [4.69, 9.17) is 5.11 Å². The molecule has 0 spiro atoms. The van der Waals surface area contributed by atoms with Gasteiger partial charge >= 0.3 is 5.97 Å². The van der Waals surface area contributed by atoms with Crippen LogP contribution in [0.3, 0.4) is 0 Å². The van der Waals surface area contributed by atoms with E-state index in [1.807, 2.05) is 11.9 Å². The first-order valence-corrected chi connectivity index (χ1v) is 6.71. The Morgan fingerprint density at radius 2 is 1.94 bits per heavy atom. The van der Waals surface area contributed by atoms with Gasteiger partial charge in [-0.3, -0.25) is 4.79 Å². The number of aromatic carboxylic acids is 1. The summed E-state index contributed by atoms with van der Waals surface area (Å²) in [5, 5.41) is 9.63. The predicted octanol–water partition coefficient (Wildman–Crippen LogP) is 2.67. The molecule has 0 aromatic carbocycles. The van der Waals surface area contributed by atoms with Crippen LogP contribution in [0.1, 0.15) is 53.8 Å². The van der Waals surface area contributed by atoms with Crippen molar-refractivity contribution in [3.8, 4) is 0 Å². The molecule has 0 aliphatic carbocycles. The maximum Gasteiger partial charge on any atom is 0.356 e. The summed E-state index contributed by atoms with van der Waals surface area (Å²) in [6, 6.07) is 0.303. The number of ketones is 1. The van der Waals surface area contributed by atoms with Gasteiger partial charge in [-0.25, -0.2) is 9.78 Å². The number of hydrogen-bond donors (Lipinski definition) is 1. The van der Waals surface area contributed by atoms with Crippen molar-refractivity contribution < 1.29 is 14.7 Å². The third-order valence-corrected chi connectivity index (χ3v) is 4.18. The first-order valence-electron chi connectivity index (χ1n) is 5.90. The summed E-state index contributed by atoms with van der Waals surface area (Å²) >= 11 is 1.15. The third kappa shape index (κ3) is 2.87. The molecule has 0 bridgehead atoms. The van der Waals surface area contributed by atoms with Crippen molar-refractivity contribution in [3.05, 3.63) is 10.6 Å². The van der Waals surface area contributed by atoms with Gasteiger partial charge in [0.15, 0.2) is 16.6 Å². The van der Waals surface area contributed by atoms with Crippen LogP contribution in [0, 0.1) is 0 Å². The van der Waals surface area contributed by atoms with E-state index in [-0.39, 0.29) is 16.4 Å². The van der Waals surface area contributed by atoms with E-state index in [1.165, 1.54) is 6.92 Å². The van der Waals surface area contributed by atoms with Crippen LogP contribution in [0.2, 0.25) is 0 Å². The number of thiazole rings is 1. The lowest BCUT2D eigenvalue weighted by Gasteiger charge is -2.25. The Balaban J connectivity index is 3.15. The largest absolute Gasteiger partial charge is 0.476 e. The zero-order chi connectivity index (χ0) is 13.9. The van der Waals surface area contributed by atoms with Crippen molar-refractivity contribution in [2.24, 2.45) is 0 Å². The minimum Gasteiger partial charge on any atom is -0.476 e. The molecule has 1 heterocycles. The molecule has 1 rings (SSSR count). The zero-order valence-corrected chi connectivity index (χ0v) is 11.9. The van der Waals surface area contributed by atoms with Crippen LogP contribution in [0.15, 0.2) is 0 Å². The second kappa shape index (κ2) is 5.95. The van der Waals surface area contributed by atoms with Crippen LogP contribution in [-0.4, -0.2) is 34.9 Å². The van der Waals surface area contributed by atoms with Gasteiger partial charge in [0.2, 0.25) is 0 Å². The SMILES string of the molecule is CCC(CC)N(C)c1nc(C(=O)O)c(C(C)=O)s1. The molecule has 1 aromatic heterocycles. The van der Waals surface area contributed by atoms with Crippen LogP contribution < -0.4 is 4.90 Å². The zero-order valence-electron chi connectivity index (χ0n) is 11.1. The molecule has 6 heteroatoms. The molecule has 0 radical (unpaired) electrons. The summed E-state index contributed by atoms with van der Waals surface area (Å²) in [6.07, 6.45) is 1.90. The quantitative estimate of drug-likeness (QED) is 0.805. The van der Waals surface area contributed by atoms with Gasteiger partial charge in [-0.1, -0.05) is 25.2 Å². The average molecular weight is 270 g/mol. The van der Waals surface area contributed by atoms with Crippen molar-refractivity contribution >= 4 is 28.2 Å². The first-order chi connectivity index (χ1) is 8.42. The van der Waals surface area contributed by atoms with Gasteiger partial charge in [0.05, 0.1) is 0 Å². The molecule has 5 nitrogen and oxygen atoms in total. The highest BCUT2D eigenvalue weighted by atomic mass is 32.1. The molecule has 0 unspecified atom stereocenters. The van der Waals surface area contributed by atoms with Crippen LogP contribution >= 0.6 is 11.3 Å². The van der Waals surface area contributed by atoms with Crippen molar-refractivity contribution in [1.29, 1.82) is 0 Å². The van der Waals surface area contributed by atoms with E-state index in [0.29, 0.717) is 11.2 Å². The number of carbonyl (C=O) groups excluding carboxylic acids is 1. The lowest BCUT2D eigenvalue weighted by atomic mass is 10.1. The number of carboxylic acids is 1. The minimum atomic E-state index is -1.15.